The third-order valence-electron chi connectivity index (χ3n) is 3.92. The van der Waals surface area contributed by atoms with Crippen molar-refractivity contribution >= 4 is 35.2 Å². The molecular formula is C16H19F3N6S. The number of aliphatic imine (C=N–C) groups is 2. The number of pyridine rings is 1. The second-order valence-electron chi connectivity index (χ2n) is 6.03. The van der Waals surface area contributed by atoms with E-state index in [1.54, 1.807) is 18.1 Å². The van der Waals surface area contributed by atoms with Crippen LogP contribution in [0.2, 0.25) is 0 Å². The van der Waals surface area contributed by atoms with Crippen LogP contribution >= 0.6 is 11.9 Å². The van der Waals surface area contributed by atoms with E-state index < -0.39 is 12.7 Å². The van der Waals surface area contributed by atoms with Gasteiger partial charge in [-0.1, -0.05) is 0 Å². The molecule has 0 spiro atoms. The monoisotopic (exact) mass is 384 g/mol. The van der Waals surface area contributed by atoms with Gasteiger partial charge in [0.1, 0.15) is 24.4 Å². The highest BCUT2D eigenvalue weighted by molar-refractivity contribution is 7.97. The first kappa shape index (κ1) is 18.7. The van der Waals surface area contributed by atoms with Crippen molar-refractivity contribution in [1.29, 1.82) is 0 Å². The van der Waals surface area contributed by atoms with Crippen LogP contribution in [-0.2, 0) is 0 Å². The third kappa shape index (κ3) is 4.55. The molecule has 0 amide bonds. The van der Waals surface area contributed by atoms with Gasteiger partial charge in [-0.05, 0) is 43.3 Å². The maximum atomic E-state index is 12.1. The normalized spacial score (nSPS) is 17.0. The Bertz CT molecular complexity index is 836. The number of rotatable bonds is 5. The Hall–Kier alpha value is -2.07. The minimum Gasteiger partial charge on any atom is -0.383 e. The molecule has 0 aromatic carbocycles. The first-order valence-electron chi connectivity index (χ1n) is 8.13. The summed E-state index contributed by atoms with van der Waals surface area (Å²) < 4.78 is 38.7. The van der Waals surface area contributed by atoms with Crippen LogP contribution in [0.1, 0.15) is 24.0 Å². The van der Waals surface area contributed by atoms with E-state index >= 15 is 0 Å². The predicted molar refractivity (Wildman–Crippen MR) is 97.6 cm³/mol. The Balaban J connectivity index is 1.86. The van der Waals surface area contributed by atoms with Crippen LogP contribution in [0.3, 0.4) is 0 Å². The molecular weight excluding hydrogens is 365 g/mol. The molecule has 140 valence electrons. The number of amidine groups is 1. The van der Waals surface area contributed by atoms with Crippen LogP contribution < -0.4 is 5.73 Å². The zero-order chi connectivity index (χ0) is 18.7. The zero-order valence-corrected chi connectivity index (χ0v) is 15.0. The van der Waals surface area contributed by atoms with E-state index in [0.29, 0.717) is 11.2 Å². The molecule has 0 aliphatic carbocycles. The average molecular weight is 384 g/mol. The van der Waals surface area contributed by atoms with Crippen LogP contribution in [0.4, 0.5) is 13.2 Å². The fourth-order valence-corrected chi connectivity index (χ4v) is 3.80. The highest BCUT2D eigenvalue weighted by atomic mass is 32.2. The summed E-state index contributed by atoms with van der Waals surface area (Å²) in [5.74, 6) is 0.109. The number of halogens is 3. The third-order valence-corrected chi connectivity index (χ3v) is 4.96. The lowest BCUT2D eigenvalue weighted by atomic mass is 10.1. The van der Waals surface area contributed by atoms with Crippen LogP contribution in [0.25, 0.3) is 11.0 Å². The molecule has 1 aliphatic heterocycles. The van der Waals surface area contributed by atoms with Crippen molar-refractivity contribution in [3.8, 4) is 0 Å². The van der Waals surface area contributed by atoms with E-state index in [0.717, 1.165) is 35.4 Å². The van der Waals surface area contributed by atoms with E-state index in [-0.39, 0.29) is 5.84 Å². The Morgan fingerprint density at radius 2 is 2.15 bits per heavy atom. The summed E-state index contributed by atoms with van der Waals surface area (Å²) in [6.45, 7) is 2.63. The number of nitrogens with two attached hydrogens (primary N) is 1. The number of aromatic amines is 1. The largest absolute Gasteiger partial charge is 0.408 e. The van der Waals surface area contributed by atoms with Gasteiger partial charge in [-0.3, -0.25) is 4.99 Å². The number of hydrogen-bond donors (Lipinski definition) is 2. The summed E-state index contributed by atoms with van der Waals surface area (Å²) in [6.07, 6.45) is 0.525. The van der Waals surface area contributed by atoms with E-state index in [2.05, 4.69) is 24.3 Å². The molecule has 26 heavy (non-hydrogen) atoms. The van der Waals surface area contributed by atoms with Crippen LogP contribution in [0.15, 0.2) is 27.3 Å². The molecule has 0 atom stereocenters. The summed E-state index contributed by atoms with van der Waals surface area (Å²) in [6, 6.07) is 1.95. The second kappa shape index (κ2) is 7.67. The number of aromatic nitrogens is 2. The molecule has 3 rings (SSSR count). The molecule has 0 unspecified atom stereocenters. The first-order valence-corrected chi connectivity index (χ1v) is 8.91. The molecule has 1 aliphatic rings. The minimum absolute atomic E-state index is 0.109. The highest BCUT2D eigenvalue weighted by Crippen LogP contribution is 2.30. The molecule has 6 nitrogen and oxygen atoms in total. The van der Waals surface area contributed by atoms with E-state index in [4.69, 9.17) is 5.73 Å². The Morgan fingerprint density at radius 3 is 2.85 bits per heavy atom. The van der Waals surface area contributed by atoms with Gasteiger partial charge < -0.3 is 10.7 Å². The van der Waals surface area contributed by atoms with Crippen LogP contribution in [-0.4, -0.2) is 52.3 Å². The summed E-state index contributed by atoms with van der Waals surface area (Å²) in [5, 5.41) is 1.73. The Labute approximate surface area is 152 Å². The Kier molecular flexibility index (Phi) is 5.52. The van der Waals surface area contributed by atoms with E-state index in [1.807, 2.05) is 13.0 Å². The van der Waals surface area contributed by atoms with Crippen LogP contribution in [0.5, 0.6) is 0 Å². The number of nitrogens with one attached hydrogen (secondary N) is 1. The molecule has 2 aromatic rings. The number of nitrogens with zero attached hydrogens (tertiary/aromatic N) is 4. The maximum absolute atomic E-state index is 12.1. The highest BCUT2D eigenvalue weighted by Gasteiger charge is 2.25. The number of H-pyrrole nitrogens is 1. The molecule has 3 heterocycles. The van der Waals surface area contributed by atoms with Crippen molar-refractivity contribution in [2.45, 2.75) is 31.0 Å². The van der Waals surface area contributed by atoms with Crippen molar-refractivity contribution in [2.75, 3.05) is 19.6 Å². The van der Waals surface area contributed by atoms with Crippen molar-refractivity contribution in [3.63, 3.8) is 0 Å². The minimum atomic E-state index is -4.36. The average Bonchev–Trinajstić information content (AvgIpc) is 3.20. The summed E-state index contributed by atoms with van der Waals surface area (Å²) in [7, 11) is 0. The first-order chi connectivity index (χ1) is 12.3. The molecule has 0 saturated carbocycles. The van der Waals surface area contributed by atoms with E-state index in [1.165, 1.54) is 12.8 Å². The van der Waals surface area contributed by atoms with Gasteiger partial charge in [0, 0.05) is 30.2 Å². The topological polar surface area (TPSA) is 82.7 Å². The van der Waals surface area contributed by atoms with Crippen molar-refractivity contribution in [2.24, 2.45) is 15.7 Å². The quantitative estimate of drug-likeness (QED) is 0.471. The number of fused-ring (bicyclic) bond motifs is 1. The zero-order valence-electron chi connectivity index (χ0n) is 14.2. The van der Waals surface area contributed by atoms with Gasteiger partial charge in [-0.25, -0.2) is 14.3 Å². The van der Waals surface area contributed by atoms with Crippen LogP contribution in [0, 0.1) is 6.92 Å². The van der Waals surface area contributed by atoms with Gasteiger partial charge in [-0.2, -0.15) is 13.2 Å². The van der Waals surface area contributed by atoms with Gasteiger partial charge >= 0.3 is 6.18 Å². The fourth-order valence-electron chi connectivity index (χ4n) is 2.77. The summed E-state index contributed by atoms with van der Waals surface area (Å²) in [4.78, 5) is 14.7. The summed E-state index contributed by atoms with van der Waals surface area (Å²) in [5.41, 5.74) is 8.11. The van der Waals surface area contributed by atoms with Crippen molar-refractivity contribution < 1.29 is 13.2 Å². The number of hydrogen-bond acceptors (Lipinski definition) is 4. The smallest absolute Gasteiger partial charge is 0.383 e. The van der Waals surface area contributed by atoms with Gasteiger partial charge in [0.2, 0.25) is 0 Å². The Morgan fingerprint density at radius 1 is 1.42 bits per heavy atom. The van der Waals surface area contributed by atoms with E-state index in [9.17, 15) is 13.2 Å². The number of alkyl halides is 3. The second-order valence-corrected chi connectivity index (χ2v) is 7.16. The van der Waals surface area contributed by atoms with Gasteiger partial charge in [0.05, 0.1) is 5.03 Å². The molecule has 1 fully saturated rings. The lowest BCUT2D eigenvalue weighted by Crippen LogP contribution is -2.16. The standard InChI is InChI=1S/C16H19F3N6S/c1-10-7-22-15-11(6-12(24-15)26-25-4-2-3-5-25)13(10)14(20)23-9-21-8-16(17,18)19/h6-7,9H,2-5,8H2,1H3,(H,22,24)(H2,20,21,23). The lowest BCUT2D eigenvalue weighted by Gasteiger charge is -2.10. The summed E-state index contributed by atoms with van der Waals surface area (Å²) >= 11 is 1.63. The fraction of sp³-hybridized carbons (Fsp3) is 0.438. The number of aryl methyl sites for hydroxylation is 1. The molecule has 2 aromatic heterocycles. The lowest BCUT2D eigenvalue weighted by molar-refractivity contribution is -0.118. The molecule has 10 heteroatoms. The molecule has 1 saturated heterocycles. The molecule has 3 N–H and O–H groups in total. The molecule has 0 radical (unpaired) electrons. The SMILES string of the molecule is Cc1cnc2[nH]c(SN3CCCC3)cc2c1C(N)=NC=NCC(F)(F)F. The molecule has 0 bridgehead atoms. The van der Waals surface area contributed by atoms with Gasteiger partial charge in [0.15, 0.2) is 0 Å². The maximum Gasteiger partial charge on any atom is 0.408 e. The van der Waals surface area contributed by atoms with Gasteiger partial charge in [-0.15, -0.1) is 0 Å². The van der Waals surface area contributed by atoms with Crippen molar-refractivity contribution in [3.05, 3.63) is 23.4 Å². The van der Waals surface area contributed by atoms with Gasteiger partial charge in [0.25, 0.3) is 0 Å². The predicted octanol–water partition coefficient (Wildman–Crippen LogP) is 3.27. The van der Waals surface area contributed by atoms with Crippen molar-refractivity contribution in [1.82, 2.24) is 14.3 Å².